The average Bonchev–Trinajstić information content (AvgIpc) is 2.61. The van der Waals surface area contributed by atoms with E-state index >= 15 is 0 Å². The highest BCUT2D eigenvalue weighted by atomic mass is 35.5. The van der Waals surface area contributed by atoms with E-state index in [2.05, 4.69) is 6.92 Å². The minimum absolute atomic E-state index is 0. The van der Waals surface area contributed by atoms with E-state index in [0.717, 1.165) is 25.1 Å². The number of hydrogen-bond acceptors (Lipinski definition) is 4. The summed E-state index contributed by atoms with van der Waals surface area (Å²) in [4.78, 5) is 28.8. The first kappa shape index (κ1) is 20.5. The number of benzene rings is 1. The minimum Gasteiger partial charge on any atom is -0.479 e. The number of fused-ring (bicyclic) bond motifs is 1. The van der Waals surface area contributed by atoms with Crippen molar-refractivity contribution in [1.29, 1.82) is 0 Å². The molecule has 1 aromatic carbocycles. The van der Waals surface area contributed by atoms with Gasteiger partial charge in [-0.3, -0.25) is 9.59 Å². The third-order valence-corrected chi connectivity index (χ3v) is 5.19. The lowest BCUT2D eigenvalue weighted by molar-refractivity contribution is -0.135. The van der Waals surface area contributed by atoms with Crippen molar-refractivity contribution < 1.29 is 14.3 Å². The van der Waals surface area contributed by atoms with Gasteiger partial charge < -0.3 is 20.3 Å². The fourth-order valence-corrected chi connectivity index (χ4v) is 3.74. The average molecular weight is 382 g/mol. The Morgan fingerprint density at radius 3 is 2.77 bits per heavy atom. The molecule has 7 heteroatoms. The monoisotopic (exact) mass is 381 g/mol. The van der Waals surface area contributed by atoms with Gasteiger partial charge in [-0.2, -0.15) is 0 Å². The Hall–Kier alpha value is -1.79. The number of rotatable bonds is 4. The van der Waals surface area contributed by atoms with Crippen LogP contribution in [0.4, 0.5) is 5.69 Å². The summed E-state index contributed by atoms with van der Waals surface area (Å²) in [5.74, 6) is 1.26. The summed E-state index contributed by atoms with van der Waals surface area (Å²) in [6.07, 6.45) is 1.74. The predicted molar refractivity (Wildman–Crippen MR) is 104 cm³/mol. The number of carbonyl (C=O) groups excluding carboxylic acids is 2. The van der Waals surface area contributed by atoms with Crippen LogP contribution in [0.25, 0.3) is 0 Å². The molecule has 3 unspecified atom stereocenters. The lowest BCUT2D eigenvalue weighted by atomic mass is 9.92. The summed E-state index contributed by atoms with van der Waals surface area (Å²) >= 11 is 0. The Morgan fingerprint density at radius 1 is 1.31 bits per heavy atom. The number of piperidine rings is 1. The predicted octanol–water partition coefficient (Wildman–Crippen LogP) is 2.20. The molecule has 0 bridgehead atoms. The Morgan fingerprint density at radius 2 is 2.04 bits per heavy atom. The third-order valence-electron chi connectivity index (χ3n) is 5.19. The van der Waals surface area contributed by atoms with Gasteiger partial charge in [-0.15, -0.1) is 12.4 Å². The smallest absolute Gasteiger partial charge is 0.267 e. The van der Waals surface area contributed by atoms with Gasteiger partial charge in [0.2, 0.25) is 5.91 Å². The number of para-hydroxylation sites is 2. The number of nitrogens with zero attached hydrogens (tertiary/aromatic N) is 2. The Labute approximate surface area is 161 Å². The van der Waals surface area contributed by atoms with Crippen LogP contribution >= 0.6 is 12.4 Å². The van der Waals surface area contributed by atoms with Crippen LogP contribution in [0, 0.1) is 5.92 Å². The maximum atomic E-state index is 12.7. The molecule has 1 saturated heterocycles. The van der Waals surface area contributed by atoms with Gasteiger partial charge in [0.05, 0.1) is 5.69 Å². The van der Waals surface area contributed by atoms with Crippen LogP contribution in [0.1, 0.15) is 33.1 Å². The Balaban J connectivity index is 0.00000243. The largest absolute Gasteiger partial charge is 0.479 e. The Bertz CT molecular complexity index is 655. The summed E-state index contributed by atoms with van der Waals surface area (Å²) in [5, 5.41) is 0. The quantitative estimate of drug-likeness (QED) is 0.867. The van der Waals surface area contributed by atoms with E-state index in [9.17, 15) is 9.59 Å². The highest BCUT2D eigenvalue weighted by Crippen LogP contribution is 2.33. The van der Waals surface area contributed by atoms with Crippen LogP contribution < -0.4 is 15.4 Å². The van der Waals surface area contributed by atoms with Crippen molar-refractivity contribution in [3.8, 4) is 5.75 Å². The van der Waals surface area contributed by atoms with Crippen molar-refractivity contribution in [1.82, 2.24) is 4.90 Å². The molecule has 1 aromatic rings. The van der Waals surface area contributed by atoms with Crippen molar-refractivity contribution in [2.24, 2.45) is 11.7 Å². The third kappa shape index (κ3) is 4.13. The highest BCUT2D eigenvalue weighted by Gasteiger charge is 2.33. The van der Waals surface area contributed by atoms with Crippen molar-refractivity contribution in [2.45, 2.75) is 45.3 Å². The molecule has 2 N–H and O–H groups in total. The summed E-state index contributed by atoms with van der Waals surface area (Å²) in [6, 6.07) is 7.57. The van der Waals surface area contributed by atoms with E-state index in [1.807, 2.05) is 29.2 Å². The van der Waals surface area contributed by atoms with E-state index in [0.29, 0.717) is 31.2 Å². The van der Waals surface area contributed by atoms with Gasteiger partial charge in [0.1, 0.15) is 5.75 Å². The van der Waals surface area contributed by atoms with Gasteiger partial charge in [-0.25, -0.2) is 0 Å². The molecule has 1 fully saturated rings. The normalized spacial score (nSPS) is 25.2. The SMILES string of the molecule is CC1CCN(C(=O)CCN2C(=O)C(C)Oc3ccccc32)C(CN)C1.Cl. The van der Waals surface area contributed by atoms with E-state index in [1.165, 1.54) is 0 Å². The molecule has 2 amide bonds. The molecule has 0 spiro atoms. The highest BCUT2D eigenvalue weighted by molar-refractivity contribution is 6.00. The second-order valence-electron chi connectivity index (χ2n) is 7.07. The lowest BCUT2D eigenvalue weighted by Gasteiger charge is -2.39. The van der Waals surface area contributed by atoms with Crippen LogP contribution in [0.2, 0.25) is 0 Å². The first-order valence-corrected chi connectivity index (χ1v) is 9.08. The van der Waals surface area contributed by atoms with Gasteiger partial charge in [0, 0.05) is 32.1 Å². The molecule has 2 heterocycles. The molecule has 0 radical (unpaired) electrons. The number of anilines is 1. The van der Waals surface area contributed by atoms with Crippen LogP contribution in [-0.2, 0) is 9.59 Å². The van der Waals surface area contributed by atoms with Crippen LogP contribution in [0.3, 0.4) is 0 Å². The summed E-state index contributed by atoms with van der Waals surface area (Å²) < 4.78 is 5.64. The summed E-state index contributed by atoms with van der Waals surface area (Å²) in [6.45, 7) is 5.56. The summed E-state index contributed by atoms with van der Waals surface area (Å²) in [7, 11) is 0. The zero-order valence-electron chi connectivity index (χ0n) is 15.4. The van der Waals surface area contributed by atoms with Crippen molar-refractivity contribution in [2.75, 3.05) is 24.5 Å². The number of hydrogen-bond donors (Lipinski definition) is 1. The first-order chi connectivity index (χ1) is 12.0. The van der Waals surface area contributed by atoms with E-state index < -0.39 is 6.10 Å². The molecule has 3 rings (SSSR count). The second kappa shape index (κ2) is 8.73. The fraction of sp³-hybridized carbons (Fsp3) is 0.579. The second-order valence-corrected chi connectivity index (χ2v) is 7.07. The minimum atomic E-state index is -0.530. The maximum Gasteiger partial charge on any atom is 0.267 e. The number of halogens is 1. The molecular weight excluding hydrogens is 354 g/mol. The molecule has 0 aliphatic carbocycles. The van der Waals surface area contributed by atoms with Crippen LogP contribution in [-0.4, -0.2) is 48.5 Å². The summed E-state index contributed by atoms with van der Waals surface area (Å²) in [5.41, 5.74) is 6.60. The zero-order valence-corrected chi connectivity index (χ0v) is 16.2. The number of nitrogens with two attached hydrogens (primary N) is 1. The molecule has 26 heavy (non-hydrogen) atoms. The molecule has 0 saturated carbocycles. The fourth-order valence-electron chi connectivity index (χ4n) is 3.74. The van der Waals surface area contributed by atoms with Gasteiger partial charge in [0.15, 0.2) is 6.10 Å². The molecular formula is C19H28ClN3O3. The van der Waals surface area contributed by atoms with Crippen molar-refractivity contribution >= 4 is 29.9 Å². The topological polar surface area (TPSA) is 75.9 Å². The van der Waals surface area contributed by atoms with Crippen molar-refractivity contribution in [3.63, 3.8) is 0 Å². The van der Waals surface area contributed by atoms with Gasteiger partial charge >= 0.3 is 0 Å². The van der Waals surface area contributed by atoms with E-state index in [1.54, 1.807) is 11.8 Å². The van der Waals surface area contributed by atoms with Gasteiger partial charge in [-0.05, 0) is 37.8 Å². The Kier molecular flexibility index (Phi) is 6.89. The number of likely N-dealkylation sites (tertiary alicyclic amines) is 1. The van der Waals surface area contributed by atoms with E-state index in [-0.39, 0.29) is 30.3 Å². The lowest BCUT2D eigenvalue weighted by Crippen LogP contribution is -2.51. The molecule has 0 aromatic heterocycles. The maximum absolute atomic E-state index is 12.7. The molecule has 6 nitrogen and oxygen atoms in total. The van der Waals surface area contributed by atoms with Crippen LogP contribution in [0.15, 0.2) is 24.3 Å². The standard InChI is InChI=1S/C19H27N3O3.ClH/c1-13-7-9-21(15(11-13)12-20)18(23)8-10-22-16-5-3-4-6-17(16)25-14(2)19(22)24;/h3-6,13-15H,7-12,20H2,1-2H3;1H. The zero-order chi connectivity index (χ0) is 18.0. The number of carbonyl (C=O) groups is 2. The molecule has 2 aliphatic rings. The van der Waals surface area contributed by atoms with Gasteiger partial charge in [0.25, 0.3) is 5.91 Å². The van der Waals surface area contributed by atoms with Crippen LogP contribution in [0.5, 0.6) is 5.75 Å². The number of ether oxygens (including phenoxy) is 1. The van der Waals surface area contributed by atoms with E-state index in [4.69, 9.17) is 10.5 Å². The number of amides is 2. The molecule has 144 valence electrons. The first-order valence-electron chi connectivity index (χ1n) is 9.08. The van der Waals surface area contributed by atoms with Crippen molar-refractivity contribution in [3.05, 3.63) is 24.3 Å². The van der Waals surface area contributed by atoms with Gasteiger partial charge in [-0.1, -0.05) is 19.1 Å². The molecule has 3 atom stereocenters. The molecule has 2 aliphatic heterocycles.